The lowest BCUT2D eigenvalue weighted by atomic mass is 10.0. The first kappa shape index (κ1) is 22.1. The van der Waals surface area contributed by atoms with Crippen molar-refractivity contribution in [3.05, 3.63) is 88.9 Å². The number of para-hydroxylation sites is 2. The van der Waals surface area contributed by atoms with Crippen molar-refractivity contribution in [1.29, 1.82) is 0 Å². The molecule has 0 aliphatic carbocycles. The molecule has 0 radical (unpaired) electrons. The zero-order valence-electron chi connectivity index (χ0n) is 17.8. The van der Waals surface area contributed by atoms with Crippen LogP contribution in [0.5, 0.6) is 5.75 Å². The number of halogens is 1. The van der Waals surface area contributed by atoms with Crippen LogP contribution in [0.25, 0.3) is 0 Å². The number of ketones is 1. The lowest BCUT2D eigenvalue weighted by Gasteiger charge is -2.38. The lowest BCUT2D eigenvalue weighted by Crippen LogP contribution is -2.50. The zero-order valence-corrected chi connectivity index (χ0v) is 19.3. The van der Waals surface area contributed by atoms with Gasteiger partial charge in [0, 0.05) is 42.3 Å². The van der Waals surface area contributed by atoms with E-state index in [0.29, 0.717) is 26.9 Å². The Bertz CT molecular complexity index is 1120. The van der Waals surface area contributed by atoms with Crippen LogP contribution in [0.1, 0.15) is 15.9 Å². The molecule has 0 saturated carbocycles. The van der Waals surface area contributed by atoms with Gasteiger partial charge in [-0.15, -0.1) is 0 Å². The molecule has 4 rings (SSSR count). The van der Waals surface area contributed by atoms with Crippen molar-refractivity contribution in [3.8, 4) is 5.75 Å². The van der Waals surface area contributed by atoms with Crippen molar-refractivity contribution in [3.63, 3.8) is 0 Å². The number of nitrogens with zero attached hydrogens (tertiary/aromatic N) is 2. The number of methoxy groups -OCH3 is 1. The second-order valence-electron chi connectivity index (χ2n) is 7.46. The molecule has 1 saturated heterocycles. The summed E-state index contributed by atoms with van der Waals surface area (Å²) < 4.78 is 5.50. The fourth-order valence-corrected chi connectivity index (χ4v) is 4.26. The van der Waals surface area contributed by atoms with Crippen LogP contribution in [0.15, 0.2) is 72.8 Å². The predicted molar refractivity (Wildman–Crippen MR) is 134 cm³/mol. The van der Waals surface area contributed by atoms with Gasteiger partial charge in [0.2, 0.25) is 0 Å². The second-order valence-corrected chi connectivity index (χ2v) is 8.28. The van der Waals surface area contributed by atoms with Gasteiger partial charge in [-0.25, -0.2) is 0 Å². The Balaban J connectivity index is 1.45. The number of carbonyl (C=O) groups is 1. The van der Waals surface area contributed by atoms with Crippen molar-refractivity contribution in [2.24, 2.45) is 0 Å². The van der Waals surface area contributed by atoms with Gasteiger partial charge < -0.3 is 19.9 Å². The van der Waals surface area contributed by atoms with Gasteiger partial charge in [0.1, 0.15) is 5.75 Å². The molecule has 0 amide bonds. The molecule has 5 nitrogen and oxygen atoms in total. The molecule has 1 fully saturated rings. The summed E-state index contributed by atoms with van der Waals surface area (Å²) in [5.41, 5.74) is 2.84. The molecule has 0 spiro atoms. The Morgan fingerprint density at radius 2 is 1.66 bits per heavy atom. The third kappa shape index (κ3) is 4.87. The molecule has 164 valence electrons. The van der Waals surface area contributed by atoms with Crippen molar-refractivity contribution < 1.29 is 9.53 Å². The van der Waals surface area contributed by atoms with Gasteiger partial charge >= 0.3 is 0 Å². The normalized spacial score (nSPS) is 13.6. The van der Waals surface area contributed by atoms with Crippen LogP contribution in [-0.2, 0) is 0 Å². The first-order valence-electron chi connectivity index (χ1n) is 10.4. The van der Waals surface area contributed by atoms with E-state index in [-0.39, 0.29) is 5.78 Å². The van der Waals surface area contributed by atoms with Gasteiger partial charge in [-0.05, 0) is 42.5 Å². The molecule has 3 aromatic rings. The van der Waals surface area contributed by atoms with Crippen LogP contribution in [0.2, 0.25) is 5.02 Å². The van der Waals surface area contributed by atoms with Gasteiger partial charge in [-0.2, -0.15) is 0 Å². The van der Waals surface area contributed by atoms with E-state index in [1.54, 1.807) is 37.4 Å². The number of rotatable bonds is 5. The van der Waals surface area contributed by atoms with Gasteiger partial charge in [-0.3, -0.25) is 4.79 Å². The smallest absolute Gasteiger partial charge is 0.195 e. The first-order valence-corrected chi connectivity index (χ1v) is 11.2. The van der Waals surface area contributed by atoms with Crippen LogP contribution < -0.4 is 15.0 Å². The van der Waals surface area contributed by atoms with Crippen molar-refractivity contribution in [2.75, 3.05) is 43.5 Å². The molecule has 32 heavy (non-hydrogen) atoms. The van der Waals surface area contributed by atoms with Gasteiger partial charge in [0.15, 0.2) is 10.9 Å². The summed E-state index contributed by atoms with van der Waals surface area (Å²) in [6.07, 6.45) is 0. The van der Waals surface area contributed by atoms with Crippen LogP contribution >= 0.6 is 23.8 Å². The third-order valence-corrected chi connectivity index (χ3v) is 6.09. The van der Waals surface area contributed by atoms with Gasteiger partial charge in [-0.1, -0.05) is 54.1 Å². The van der Waals surface area contributed by atoms with Crippen LogP contribution in [0, 0.1) is 0 Å². The molecule has 0 unspecified atom stereocenters. The number of benzene rings is 3. The Labute approximate surface area is 198 Å². The minimum atomic E-state index is -0.0978. The number of hydrogen-bond donors (Lipinski definition) is 1. The molecule has 0 atom stereocenters. The number of ether oxygens (including phenoxy) is 1. The van der Waals surface area contributed by atoms with E-state index in [1.165, 1.54) is 0 Å². The summed E-state index contributed by atoms with van der Waals surface area (Å²) in [4.78, 5) is 17.5. The molecule has 0 aromatic heterocycles. The highest BCUT2D eigenvalue weighted by Gasteiger charge is 2.22. The molecule has 3 aromatic carbocycles. The number of thiocarbonyl (C=S) groups is 1. The van der Waals surface area contributed by atoms with Crippen molar-refractivity contribution in [2.45, 2.75) is 0 Å². The molecular weight excluding hydrogens is 442 g/mol. The van der Waals surface area contributed by atoms with E-state index >= 15 is 0 Å². The fraction of sp³-hybridized carbons (Fsp3) is 0.200. The maximum atomic E-state index is 13.1. The zero-order chi connectivity index (χ0) is 22.5. The minimum Gasteiger partial charge on any atom is -0.495 e. The van der Waals surface area contributed by atoms with E-state index in [1.807, 2.05) is 36.4 Å². The largest absolute Gasteiger partial charge is 0.495 e. The Morgan fingerprint density at radius 1 is 0.969 bits per heavy atom. The predicted octanol–water partition coefficient (Wildman–Crippen LogP) is 5.10. The summed E-state index contributed by atoms with van der Waals surface area (Å²) in [5.74, 6) is 0.770. The van der Waals surface area contributed by atoms with Crippen molar-refractivity contribution >= 4 is 46.1 Å². The molecule has 1 N–H and O–H groups in total. The highest BCUT2D eigenvalue weighted by molar-refractivity contribution is 7.80. The summed E-state index contributed by atoms with van der Waals surface area (Å²) in [6, 6.07) is 22.4. The lowest BCUT2D eigenvalue weighted by molar-refractivity contribution is 0.103. The van der Waals surface area contributed by atoms with E-state index < -0.39 is 0 Å². The Kier molecular flexibility index (Phi) is 6.93. The summed E-state index contributed by atoms with van der Waals surface area (Å²) >= 11 is 11.9. The summed E-state index contributed by atoms with van der Waals surface area (Å²) in [5, 5.41) is 4.37. The molecule has 1 heterocycles. The third-order valence-electron chi connectivity index (χ3n) is 5.50. The maximum Gasteiger partial charge on any atom is 0.195 e. The molecule has 1 aliphatic rings. The molecule has 1 aliphatic heterocycles. The summed E-state index contributed by atoms with van der Waals surface area (Å²) in [6.45, 7) is 3.16. The Morgan fingerprint density at radius 3 is 2.38 bits per heavy atom. The van der Waals surface area contributed by atoms with E-state index in [2.05, 4.69) is 21.2 Å². The van der Waals surface area contributed by atoms with Gasteiger partial charge in [0.05, 0.1) is 18.5 Å². The van der Waals surface area contributed by atoms with Crippen LogP contribution in [0.4, 0.5) is 11.4 Å². The quantitative estimate of drug-likeness (QED) is 0.418. The van der Waals surface area contributed by atoms with E-state index in [0.717, 1.165) is 37.6 Å². The molecule has 0 bridgehead atoms. The highest BCUT2D eigenvalue weighted by atomic mass is 35.5. The SMILES string of the molecule is COc1ccccc1N1CCN(C(=S)Nc2ccc(Cl)cc2C(=O)c2ccccc2)CC1. The van der Waals surface area contributed by atoms with Gasteiger partial charge in [0.25, 0.3) is 0 Å². The molecule has 7 heteroatoms. The topological polar surface area (TPSA) is 44.8 Å². The second kappa shape index (κ2) is 10.0. The number of hydrogen-bond acceptors (Lipinski definition) is 4. The van der Waals surface area contributed by atoms with Crippen molar-refractivity contribution in [1.82, 2.24) is 4.90 Å². The number of nitrogens with one attached hydrogen (secondary N) is 1. The summed E-state index contributed by atoms with van der Waals surface area (Å²) in [7, 11) is 1.69. The average Bonchev–Trinajstić information content (AvgIpc) is 2.85. The Hall–Kier alpha value is -3.09. The monoisotopic (exact) mass is 465 g/mol. The van der Waals surface area contributed by atoms with Crippen LogP contribution in [0.3, 0.4) is 0 Å². The number of piperazine rings is 1. The maximum absolute atomic E-state index is 13.1. The van der Waals surface area contributed by atoms with E-state index in [4.69, 9.17) is 28.6 Å². The number of anilines is 2. The average molecular weight is 466 g/mol. The van der Waals surface area contributed by atoms with Crippen LogP contribution in [-0.4, -0.2) is 49.1 Å². The highest BCUT2D eigenvalue weighted by Crippen LogP contribution is 2.29. The fourth-order valence-electron chi connectivity index (χ4n) is 3.79. The molecular formula is C25H24ClN3O2S. The van der Waals surface area contributed by atoms with E-state index in [9.17, 15) is 4.79 Å². The number of carbonyl (C=O) groups excluding carboxylic acids is 1. The first-order chi connectivity index (χ1) is 15.6. The standard InChI is InChI=1S/C25H24ClN3O2S/c1-31-23-10-6-5-9-22(23)28-13-15-29(16-14-28)25(32)27-21-12-11-19(26)17-20(21)24(30)18-7-3-2-4-8-18/h2-12,17H,13-16H2,1H3,(H,27,32). The minimum absolute atomic E-state index is 0.0978.